The Kier molecular flexibility index (Phi) is 5.92. The highest BCUT2D eigenvalue weighted by Gasteiger charge is 2.32. The number of sulfonamides is 1. The maximum atomic E-state index is 12.4. The van der Waals surface area contributed by atoms with Crippen LogP contribution in [0, 0.1) is 5.92 Å². The first kappa shape index (κ1) is 18.4. The number of methoxy groups -OCH3 is 2. The van der Waals surface area contributed by atoms with E-state index < -0.39 is 33.9 Å². The van der Waals surface area contributed by atoms with Crippen molar-refractivity contribution in [3.63, 3.8) is 0 Å². The molecule has 10 heteroatoms. The molecule has 1 aromatic heterocycles. The SMILES string of the molecule is COC(=O)c1cc(OC)c(S(=O)(=O)N[C@@H](C(=O)O)C(C)C)s1. The molecule has 0 saturated carbocycles. The topological polar surface area (TPSA) is 119 Å². The van der Waals surface area contributed by atoms with Crippen LogP contribution in [0.3, 0.4) is 0 Å². The van der Waals surface area contributed by atoms with Gasteiger partial charge >= 0.3 is 11.9 Å². The van der Waals surface area contributed by atoms with Crippen LogP contribution in [0.2, 0.25) is 0 Å². The van der Waals surface area contributed by atoms with Crippen LogP contribution in [0.25, 0.3) is 0 Å². The fraction of sp³-hybridized carbons (Fsp3) is 0.500. The number of thiophene rings is 1. The van der Waals surface area contributed by atoms with E-state index in [2.05, 4.69) is 9.46 Å². The average molecular weight is 351 g/mol. The van der Waals surface area contributed by atoms with Gasteiger partial charge in [0.15, 0.2) is 9.96 Å². The summed E-state index contributed by atoms with van der Waals surface area (Å²) in [6, 6.07) is -0.0608. The number of carboxylic acid groups (broad SMARTS) is 1. The second-order valence-corrected chi connectivity index (χ2v) is 7.60. The number of aliphatic carboxylic acids is 1. The Morgan fingerprint density at radius 3 is 2.32 bits per heavy atom. The van der Waals surface area contributed by atoms with Gasteiger partial charge in [-0.1, -0.05) is 13.8 Å². The highest BCUT2D eigenvalue weighted by molar-refractivity contribution is 7.91. The van der Waals surface area contributed by atoms with Gasteiger partial charge in [-0.15, -0.1) is 11.3 Å². The fourth-order valence-electron chi connectivity index (χ4n) is 1.58. The van der Waals surface area contributed by atoms with Gasteiger partial charge in [0.05, 0.1) is 14.2 Å². The lowest BCUT2D eigenvalue weighted by molar-refractivity contribution is -0.140. The van der Waals surface area contributed by atoms with Crippen molar-refractivity contribution >= 4 is 33.3 Å². The first-order valence-corrected chi connectivity index (χ1v) is 8.45. The quantitative estimate of drug-likeness (QED) is 0.701. The maximum absolute atomic E-state index is 12.4. The summed E-state index contributed by atoms with van der Waals surface area (Å²) in [5.74, 6) is -2.50. The Morgan fingerprint density at radius 1 is 1.32 bits per heavy atom. The van der Waals surface area contributed by atoms with Crippen LogP contribution < -0.4 is 9.46 Å². The number of carboxylic acids is 1. The summed E-state index contributed by atoms with van der Waals surface area (Å²) in [5, 5.41) is 9.08. The van der Waals surface area contributed by atoms with Gasteiger partial charge in [-0.05, 0) is 5.92 Å². The van der Waals surface area contributed by atoms with Crippen LogP contribution in [0.15, 0.2) is 10.3 Å². The molecule has 1 rings (SSSR count). The molecule has 1 heterocycles. The highest BCUT2D eigenvalue weighted by atomic mass is 32.2. The minimum Gasteiger partial charge on any atom is -0.494 e. The van der Waals surface area contributed by atoms with Crippen LogP contribution in [0.4, 0.5) is 0 Å². The summed E-state index contributed by atoms with van der Waals surface area (Å²) in [6.45, 7) is 3.15. The lowest BCUT2D eigenvalue weighted by Gasteiger charge is -2.17. The number of carbonyl (C=O) groups is 2. The van der Waals surface area contributed by atoms with E-state index in [4.69, 9.17) is 9.84 Å². The number of carbonyl (C=O) groups excluding carboxylic acids is 1. The summed E-state index contributed by atoms with van der Waals surface area (Å²) in [5.41, 5.74) is 0. The molecule has 22 heavy (non-hydrogen) atoms. The minimum absolute atomic E-state index is 0.0381. The summed E-state index contributed by atoms with van der Waals surface area (Å²) in [6.07, 6.45) is 0. The highest BCUT2D eigenvalue weighted by Crippen LogP contribution is 2.34. The van der Waals surface area contributed by atoms with Gasteiger partial charge in [-0.3, -0.25) is 4.79 Å². The Balaban J connectivity index is 3.25. The monoisotopic (exact) mass is 351 g/mol. The van der Waals surface area contributed by atoms with E-state index in [0.717, 1.165) is 0 Å². The molecule has 124 valence electrons. The standard InChI is InChI=1S/C12H17NO7S2/c1-6(2)9(10(14)15)13-22(17,18)12-7(19-3)5-8(21-12)11(16)20-4/h5-6,9,13H,1-4H3,(H,14,15)/t9-/m1/s1. The average Bonchev–Trinajstić information content (AvgIpc) is 2.88. The van der Waals surface area contributed by atoms with E-state index in [-0.39, 0.29) is 14.8 Å². The minimum atomic E-state index is -4.16. The Bertz CT molecular complexity index is 663. The normalized spacial score (nSPS) is 13.0. The molecule has 1 atom stereocenters. The molecule has 0 fully saturated rings. The maximum Gasteiger partial charge on any atom is 0.348 e. The number of esters is 1. The molecule has 0 radical (unpaired) electrons. The van der Waals surface area contributed by atoms with Crippen LogP contribution >= 0.6 is 11.3 Å². The lowest BCUT2D eigenvalue weighted by Crippen LogP contribution is -2.44. The van der Waals surface area contributed by atoms with Crippen LogP contribution in [-0.4, -0.2) is 45.7 Å². The van der Waals surface area contributed by atoms with Gasteiger partial charge in [-0.2, -0.15) is 4.72 Å². The third-order valence-corrected chi connectivity index (χ3v) is 5.78. The van der Waals surface area contributed by atoms with E-state index in [1.54, 1.807) is 13.8 Å². The second-order valence-electron chi connectivity index (χ2n) is 4.64. The smallest absolute Gasteiger partial charge is 0.348 e. The molecule has 0 unspecified atom stereocenters. The molecule has 0 saturated heterocycles. The third-order valence-electron chi connectivity index (χ3n) is 2.73. The van der Waals surface area contributed by atoms with Gasteiger partial charge < -0.3 is 14.6 Å². The number of rotatable bonds is 7. The van der Waals surface area contributed by atoms with E-state index in [1.807, 2.05) is 0 Å². The predicted molar refractivity (Wildman–Crippen MR) is 78.8 cm³/mol. The van der Waals surface area contributed by atoms with Gasteiger partial charge in [0.25, 0.3) is 10.0 Å². The van der Waals surface area contributed by atoms with Crippen molar-refractivity contribution in [3.8, 4) is 5.75 Å². The van der Waals surface area contributed by atoms with Gasteiger partial charge in [0.2, 0.25) is 0 Å². The number of hydrogen-bond donors (Lipinski definition) is 2. The molecule has 0 spiro atoms. The van der Waals surface area contributed by atoms with E-state index in [0.29, 0.717) is 11.3 Å². The van der Waals surface area contributed by atoms with Crippen LogP contribution in [0.1, 0.15) is 23.5 Å². The Labute approximate surface area is 132 Å². The summed E-state index contributed by atoms with van der Waals surface area (Å²) in [7, 11) is -1.74. The Morgan fingerprint density at radius 2 is 1.91 bits per heavy atom. The summed E-state index contributed by atoms with van der Waals surface area (Å²) < 4.78 is 36.0. The molecule has 0 amide bonds. The van der Waals surface area contributed by atoms with E-state index >= 15 is 0 Å². The number of hydrogen-bond acceptors (Lipinski definition) is 7. The van der Waals surface area contributed by atoms with Gasteiger partial charge in [-0.25, -0.2) is 13.2 Å². The molecule has 0 bridgehead atoms. The third kappa shape index (κ3) is 3.96. The van der Waals surface area contributed by atoms with Crippen molar-refractivity contribution in [1.29, 1.82) is 0 Å². The van der Waals surface area contributed by atoms with E-state index in [9.17, 15) is 18.0 Å². The van der Waals surface area contributed by atoms with Crippen molar-refractivity contribution in [2.75, 3.05) is 14.2 Å². The molecule has 0 aromatic carbocycles. The molecule has 0 aliphatic carbocycles. The first-order chi connectivity index (χ1) is 10.1. The van der Waals surface area contributed by atoms with Crippen molar-refractivity contribution in [2.45, 2.75) is 24.1 Å². The molecule has 1 aromatic rings. The molecule has 2 N–H and O–H groups in total. The van der Waals surface area contributed by atoms with Crippen molar-refractivity contribution < 1.29 is 32.6 Å². The largest absolute Gasteiger partial charge is 0.494 e. The van der Waals surface area contributed by atoms with Crippen LogP contribution in [-0.2, 0) is 19.6 Å². The summed E-state index contributed by atoms with van der Waals surface area (Å²) in [4.78, 5) is 22.7. The zero-order chi connectivity index (χ0) is 17.1. The molecule has 8 nitrogen and oxygen atoms in total. The fourth-order valence-corrected chi connectivity index (χ4v) is 4.43. The van der Waals surface area contributed by atoms with E-state index in [1.165, 1.54) is 20.3 Å². The van der Waals surface area contributed by atoms with Crippen molar-refractivity contribution in [2.24, 2.45) is 5.92 Å². The molecular formula is C12H17NO7S2. The summed E-state index contributed by atoms with van der Waals surface area (Å²) >= 11 is 0.646. The zero-order valence-corrected chi connectivity index (χ0v) is 14.1. The van der Waals surface area contributed by atoms with Gasteiger partial charge in [0.1, 0.15) is 10.9 Å². The second kappa shape index (κ2) is 7.07. The predicted octanol–water partition coefficient (Wildman–Crippen LogP) is 0.931. The number of ether oxygens (including phenoxy) is 2. The number of nitrogens with one attached hydrogen (secondary N) is 1. The van der Waals surface area contributed by atoms with Crippen molar-refractivity contribution in [3.05, 3.63) is 10.9 Å². The molecular weight excluding hydrogens is 334 g/mol. The van der Waals surface area contributed by atoms with Crippen LogP contribution in [0.5, 0.6) is 5.75 Å². The lowest BCUT2D eigenvalue weighted by atomic mass is 10.1. The van der Waals surface area contributed by atoms with Gasteiger partial charge in [0, 0.05) is 6.07 Å². The Hall–Kier alpha value is -1.65. The zero-order valence-electron chi connectivity index (χ0n) is 12.4. The van der Waals surface area contributed by atoms with Crippen molar-refractivity contribution in [1.82, 2.24) is 4.72 Å². The molecule has 0 aliphatic heterocycles. The first-order valence-electron chi connectivity index (χ1n) is 6.15. The molecule has 0 aliphatic rings.